The van der Waals surface area contributed by atoms with E-state index in [1.165, 1.54) is 0 Å². The molecule has 0 aliphatic carbocycles. The zero-order chi connectivity index (χ0) is 25.0. The molecular weight excluding hydrogens is 442 g/mol. The summed E-state index contributed by atoms with van der Waals surface area (Å²) in [5, 5.41) is 10.5. The molecule has 3 aromatic rings. The smallest absolute Gasteiger partial charge is 0.234 e. The molecule has 1 aromatic heterocycles. The van der Waals surface area contributed by atoms with Crippen molar-refractivity contribution in [1.82, 2.24) is 14.9 Å². The number of nitrogens with one attached hydrogen (secondary N) is 1. The van der Waals surface area contributed by atoms with E-state index in [1.807, 2.05) is 43.0 Å². The van der Waals surface area contributed by atoms with Crippen molar-refractivity contribution >= 4 is 23.0 Å². The molecule has 2 aromatic carbocycles. The number of allylic oxidation sites excluding steroid dienone is 1. The van der Waals surface area contributed by atoms with Gasteiger partial charge in [0.2, 0.25) is 11.7 Å². The number of benzene rings is 2. The van der Waals surface area contributed by atoms with E-state index in [0.29, 0.717) is 23.7 Å². The van der Waals surface area contributed by atoms with Gasteiger partial charge in [0, 0.05) is 30.8 Å². The van der Waals surface area contributed by atoms with Crippen molar-refractivity contribution < 1.29 is 14.6 Å². The van der Waals surface area contributed by atoms with Gasteiger partial charge in [0.25, 0.3) is 0 Å². The predicted molar refractivity (Wildman–Crippen MR) is 137 cm³/mol. The van der Waals surface area contributed by atoms with Crippen LogP contribution in [0.3, 0.4) is 0 Å². The minimum absolute atomic E-state index is 0.0847. The standard InChI is InChI=1S/C27H31N5O3/c1-4-15-29-26(32-16-7-8-19(17-32)27(2,3)34)24(28)35-20-13-11-18(12-14-20)23(33)25-30-21-9-5-6-10-22(21)31-25/h4-6,9-15,19,34H,1,7-8,16-17,28H2,2-3H3,(H,30,31)/b26-24-,29-15-. The SMILES string of the molecule is C=C/C=N\C(=C(/N)Oc1ccc(C(=O)c2nc3ccccc3[nH]2)cc1)N1CCCC(C(C)(C)O)C1. The number of hydrogen-bond acceptors (Lipinski definition) is 7. The van der Waals surface area contributed by atoms with Crippen LogP contribution in [0.2, 0.25) is 0 Å². The van der Waals surface area contributed by atoms with E-state index in [-0.39, 0.29) is 23.4 Å². The first kappa shape index (κ1) is 24.2. The highest BCUT2D eigenvalue weighted by Crippen LogP contribution is 2.30. The Morgan fingerprint density at radius 2 is 2.03 bits per heavy atom. The number of H-pyrrole nitrogens is 1. The molecule has 1 aliphatic rings. The van der Waals surface area contributed by atoms with Gasteiger partial charge in [-0.1, -0.05) is 24.8 Å². The van der Waals surface area contributed by atoms with Gasteiger partial charge in [-0.25, -0.2) is 9.98 Å². The van der Waals surface area contributed by atoms with Gasteiger partial charge < -0.3 is 25.5 Å². The number of likely N-dealkylation sites (tertiary alicyclic amines) is 1. The van der Waals surface area contributed by atoms with E-state index in [9.17, 15) is 9.90 Å². The third kappa shape index (κ3) is 5.60. The van der Waals surface area contributed by atoms with Crippen molar-refractivity contribution in [2.75, 3.05) is 13.1 Å². The topological polar surface area (TPSA) is 117 Å². The largest absolute Gasteiger partial charge is 0.438 e. The van der Waals surface area contributed by atoms with E-state index >= 15 is 0 Å². The predicted octanol–water partition coefficient (Wildman–Crippen LogP) is 4.00. The Kier molecular flexibility index (Phi) is 7.02. The van der Waals surface area contributed by atoms with E-state index in [4.69, 9.17) is 10.5 Å². The molecule has 4 rings (SSSR count). The third-order valence-electron chi connectivity index (χ3n) is 6.19. The van der Waals surface area contributed by atoms with Gasteiger partial charge in [-0.05, 0) is 63.1 Å². The molecule has 1 unspecified atom stereocenters. The van der Waals surface area contributed by atoms with E-state index in [1.54, 1.807) is 36.6 Å². The first-order valence-corrected chi connectivity index (χ1v) is 11.7. The van der Waals surface area contributed by atoms with Crippen molar-refractivity contribution in [3.63, 3.8) is 0 Å². The number of ketones is 1. The van der Waals surface area contributed by atoms with Crippen molar-refractivity contribution in [1.29, 1.82) is 0 Å². The number of nitrogens with zero attached hydrogens (tertiary/aromatic N) is 3. The molecule has 4 N–H and O–H groups in total. The van der Waals surface area contributed by atoms with E-state index in [2.05, 4.69) is 21.5 Å². The fraction of sp³-hybridized carbons (Fsp3) is 0.296. The van der Waals surface area contributed by atoms with Crippen molar-refractivity contribution in [3.8, 4) is 5.75 Å². The summed E-state index contributed by atoms with van der Waals surface area (Å²) in [4.78, 5) is 26.8. The minimum atomic E-state index is -0.802. The van der Waals surface area contributed by atoms with Crippen LogP contribution >= 0.6 is 0 Å². The Hall–Kier alpha value is -3.91. The number of piperidine rings is 1. The number of para-hydroxylation sites is 2. The van der Waals surface area contributed by atoms with Gasteiger partial charge in [0.1, 0.15) is 5.75 Å². The first-order chi connectivity index (χ1) is 16.8. The molecule has 8 nitrogen and oxygen atoms in total. The average molecular weight is 474 g/mol. The maximum absolute atomic E-state index is 12.9. The molecule has 8 heteroatoms. The van der Waals surface area contributed by atoms with Crippen molar-refractivity contribution in [2.45, 2.75) is 32.3 Å². The zero-order valence-electron chi connectivity index (χ0n) is 20.1. The van der Waals surface area contributed by atoms with Gasteiger partial charge >= 0.3 is 0 Å². The normalized spacial score (nSPS) is 17.5. The number of aliphatic hydroxyl groups is 1. The van der Waals surface area contributed by atoms with Crippen molar-refractivity contribution in [3.05, 3.63) is 84.3 Å². The molecule has 182 valence electrons. The van der Waals surface area contributed by atoms with Crippen LogP contribution < -0.4 is 10.5 Å². The van der Waals surface area contributed by atoms with Gasteiger partial charge in [-0.3, -0.25) is 4.79 Å². The Labute approximate surface area is 204 Å². The van der Waals surface area contributed by atoms with Crippen LogP contribution in [0, 0.1) is 5.92 Å². The van der Waals surface area contributed by atoms with E-state index in [0.717, 1.165) is 30.4 Å². The number of imidazole rings is 1. The lowest BCUT2D eigenvalue weighted by Crippen LogP contribution is -2.44. The third-order valence-corrected chi connectivity index (χ3v) is 6.19. The Balaban J connectivity index is 1.52. The number of hydrogen-bond donors (Lipinski definition) is 3. The van der Waals surface area contributed by atoms with Crippen molar-refractivity contribution in [2.24, 2.45) is 16.6 Å². The summed E-state index contributed by atoms with van der Waals surface area (Å²) >= 11 is 0. The summed E-state index contributed by atoms with van der Waals surface area (Å²) in [7, 11) is 0. The molecule has 35 heavy (non-hydrogen) atoms. The highest BCUT2D eigenvalue weighted by atomic mass is 16.5. The monoisotopic (exact) mass is 473 g/mol. The lowest BCUT2D eigenvalue weighted by Gasteiger charge is -2.39. The van der Waals surface area contributed by atoms with Crippen LogP contribution in [0.25, 0.3) is 11.0 Å². The van der Waals surface area contributed by atoms with Crippen LogP contribution in [0.15, 0.2) is 77.9 Å². The number of aromatic nitrogens is 2. The number of rotatable bonds is 8. The molecule has 1 atom stereocenters. The summed E-state index contributed by atoms with van der Waals surface area (Å²) < 4.78 is 5.91. The number of carbonyl (C=O) groups excluding carboxylic acids is 1. The number of aliphatic imine (C=N–C) groups is 1. The summed E-state index contributed by atoms with van der Waals surface area (Å²) in [5.74, 6) is 1.26. The summed E-state index contributed by atoms with van der Waals surface area (Å²) in [6, 6.07) is 14.2. The second kappa shape index (κ2) is 10.1. The first-order valence-electron chi connectivity index (χ1n) is 11.7. The number of nitrogens with two attached hydrogens (primary N) is 1. The molecule has 2 heterocycles. The zero-order valence-corrected chi connectivity index (χ0v) is 20.1. The number of fused-ring (bicyclic) bond motifs is 1. The van der Waals surface area contributed by atoms with Gasteiger partial charge in [-0.15, -0.1) is 0 Å². The molecule has 0 amide bonds. The average Bonchev–Trinajstić information content (AvgIpc) is 3.28. The van der Waals surface area contributed by atoms with Gasteiger partial charge in [0.05, 0.1) is 16.6 Å². The highest BCUT2D eigenvalue weighted by Gasteiger charge is 2.32. The highest BCUT2D eigenvalue weighted by molar-refractivity contribution is 6.08. The molecule has 0 spiro atoms. The second-order valence-corrected chi connectivity index (χ2v) is 9.20. The molecule has 0 bridgehead atoms. The molecular formula is C27H31N5O3. The lowest BCUT2D eigenvalue weighted by molar-refractivity contribution is -0.0129. The van der Waals surface area contributed by atoms with Gasteiger partial charge in [-0.2, -0.15) is 0 Å². The van der Waals surface area contributed by atoms with E-state index < -0.39 is 5.60 Å². The molecule has 1 fully saturated rings. The summed E-state index contributed by atoms with van der Waals surface area (Å²) in [6.45, 7) is 8.71. The maximum atomic E-state index is 12.9. The van der Waals surface area contributed by atoms with Crippen LogP contribution in [0.5, 0.6) is 5.75 Å². The maximum Gasteiger partial charge on any atom is 0.234 e. The lowest BCUT2D eigenvalue weighted by atomic mass is 9.84. The summed E-state index contributed by atoms with van der Waals surface area (Å²) in [6.07, 6.45) is 4.98. The molecule has 1 aliphatic heterocycles. The van der Waals surface area contributed by atoms with Gasteiger partial charge in [0.15, 0.2) is 11.6 Å². The minimum Gasteiger partial charge on any atom is -0.438 e. The van der Waals surface area contributed by atoms with Crippen LogP contribution in [-0.4, -0.2) is 50.7 Å². The molecule has 0 saturated carbocycles. The quantitative estimate of drug-likeness (QED) is 0.259. The van der Waals surface area contributed by atoms with Crippen LogP contribution in [0.4, 0.5) is 0 Å². The number of aromatic amines is 1. The van der Waals surface area contributed by atoms with Crippen LogP contribution in [0.1, 0.15) is 42.9 Å². The number of ether oxygens (including phenoxy) is 1. The Morgan fingerprint density at radius 1 is 1.29 bits per heavy atom. The fourth-order valence-corrected chi connectivity index (χ4v) is 4.21. The molecule has 0 radical (unpaired) electrons. The Bertz CT molecular complexity index is 1230. The summed E-state index contributed by atoms with van der Waals surface area (Å²) in [5.41, 5.74) is 7.56. The second-order valence-electron chi connectivity index (χ2n) is 9.20. The molecule has 1 saturated heterocycles. The number of carbonyl (C=O) groups is 1. The fourth-order valence-electron chi connectivity index (χ4n) is 4.21. The van der Waals surface area contributed by atoms with Crippen LogP contribution in [-0.2, 0) is 0 Å². The Morgan fingerprint density at radius 3 is 2.71 bits per heavy atom.